The zero-order chi connectivity index (χ0) is 13.8. The first kappa shape index (κ1) is 13.1. The molecule has 2 aromatic rings. The van der Waals surface area contributed by atoms with Gasteiger partial charge in [0.2, 0.25) is 0 Å². The van der Waals surface area contributed by atoms with Crippen molar-refractivity contribution in [3.05, 3.63) is 69.3 Å². The molecule has 0 bridgehead atoms. The first-order valence-corrected chi connectivity index (χ1v) is 6.11. The third-order valence-electron chi connectivity index (χ3n) is 3.15. The Morgan fingerprint density at radius 3 is 2.42 bits per heavy atom. The average Bonchev–Trinajstić information content (AvgIpc) is 2.39. The lowest BCUT2D eigenvalue weighted by molar-refractivity contribution is -0.385. The van der Waals surface area contributed by atoms with Crippen LogP contribution in [0.25, 0.3) is 0 Å². The summed E-state index contributed by atoms with van der Waals surface area (Å²) in [6, 6.07) is 13.2. The van der Waals surface area contributed by atoms with E-state index in [-0.39, 0.29) is 10.6 Å². The van der Waals surface area contributed by atoms with Crippen LogP contribution in [-0.4, -0.2) is 4.92 Å². The lowest BCUT2D eigenvalue weighted by Gasteiger charge is -2.09. The Morgan fingerprint density at radius 1 is 1.11 bits per heavy atom. The van der Waals surface area contributed by atoms with Gasteiger partial charge >= 0.3 is 0 Å². The quantitative estimate of drug-likeness (QED) is 0.668. The molecule has 0 aliphatic rings. The van der Waals surface area contributed by atoms with Gasteiger partial charge in [0.1, 0.15) is 0 Å². The molecular formula is C15H16N2O2. The molecule has 0 saturated heterocycles. The molecule has 0 amide bonds. The van der Waals surface area contributed by atoms with Gasteiger partial charge in [-0.3, -0.25) is 10.1 Å². The predicted molar refractivity (Wildman–Crippen MR) is 76.3 cm³/mol. The van der Waals surface area contributed by atoms with Crippen LogP contribution in [0.4, 0.5) is 11.4 Å². The van der Waals surface area contributed by atoms with Crippen LogP contribution in [0, 0.1) is 24.0 Å². The Kier molecular flexibility index (Phi) is 3.80. The minimum absolute atomic E-state index is 0.170. The van der Waals surface area contributed by atoms with Gasteiger partial charge < -0.3 is 5.32 Å². The second-order valence-corrected chi connectivity index (χ2v) is 4.54. The van der Waals surface area contributed by atoms with E-state index in [1.165, 1.54) is 11.6 Å². The van der Waals surface area contributed by atoms with Crippen LogP contribution in [0.1, 0.15) is 16.7 Å². The van der Waals surface area contributed by atoms with Gasteiger partial charge in [-0.1, -0.05) is 29.8 Å². The van der Waals surface area contributed by atoms with Crippen LogP contribution in [-0.2, 0) is 6.54 Å². The Labute approximate surface area is 112 Å². The number of aryl methyl sites for hydroxylation is 1. The summed E-state index contributed by atoms with van der Waals surface area (Å²) in [5.74, 6) is 0. The maximum absolute atomic E-state index is 10.9. The molecule has 0 aliphatic carbocycles. The maximum Gasteiger partial charge on any atom is 0.272 e. The minimum Gasteiger partial charge on any atom is -0.381 e. The fourth-order valence-electron chi connectivity index (χ4n) is 1.93. The highest BCUT2D eigenvalue weighted by atomic mass is 16.6. The third-order valence-corrected chi connectivity index (χ3v) is 3.15. The molecule has 1 N–H and O–H groups in total. The first-order chi connectivity index (χ1) is 9.08. The maximum atomic E-state index is 10.9. The minimum atomic E-state index is -0.343. The van der Waals surface area contributed by atoms with Crippen molar-refractivity contribution in [2.45, 2.75) is 20.4 Å². The number of nitrogens with one attached hydrogen (secondary N) is 1. The molecule has 0 atom stereocenters. The number of hydrogen-bond acceptors (Lipinski definition) is 3. The third kappa shape index (κ3) is 3.10. The average molecular weight is 256 g/mol. The highest BCUT2D eigenvalue weighted by molar-refractivity contribution is 5.48. The summed E-state index contributed by atoms with van der Waals surface area (Å²) in [5.41, 5.74) is 4.04. The molecule has 0 saturated carbocycles. The number of rotatable bonds is 4. The van der Waals surface area contributed by atoms with Crippen LogP contribution in [0.5, 0.6) is 0 Å². The highest BCUT2D eigenvalue weighted by Gasteiger charge is 2.12. The fourth-order valence-corrected chi connectivity index (χ4v) is 1.93. The number of hydrogen-bond donors (Lipinski definition) is 1. The van der Waals surface area contributed by atoms with E-state index in [0.717, 1.165) is 11.3 Å². The number of nitro benzene ring substituents is 1. The lowest BCUT2D eigenvalue weighted by Crippen LogP contribution is -2.03. The summed E-state index contributed by atoms with van der Waals surface area (Å²) in [6.07, 6.45) is 0. The number of nitro groups is 1. The van der Waals surface area contributed by atoms with Crippen molar-refractivity contribution in [3.63, 3.8) is 0 Å². The predicted octanol–water partition coefficient (Wildman–Crippen LogP) is 3.82. The lowest BCUT2D eigenvalue weighted by atomic mass is 10.1. The molecule has 19 heavy (non-hydrogen) atoms. The van der Waals surface area contributed by atoms with Crippen molar-refractivity contribution < 1.29 is 4.92 Å². The number of nitrogens with zero attached hydrogens (tertiary/aromatic N) is 1. The van der Waals surface area contributed by atoms with Gasteiger partial charge in [0.25, 0.3) is 5.69 Å². The molecule has 2 aromatic carbocycles. The van der Waals surface area contributed by atoms with Crippen molar-refractivity contribution in [2.24, 2.45) is 0 Å². The molecule has 4 nitrogen and oxygen atoms in total. The van der Waals surface area contributed by atoms with Gasteiger partial charge in [-0.15, -0.1) is 0 Å². The van der Waals surface area contributed by atoms with Crippen molar-refractivity contribution in [2.75, 3.05) is 5.32 Å². The summed E-state index contributed by atoms with van der Waals surface area (Å²) in [5, 5.41) is 14.1. The molecule has 4 heteroatoms. The van der Waals surface area contributed by atoms with Gasteiger partial charge in [-0.2, -0.15) is 0 Å². The zero-order valence-electron chi connectivity index (χ0n) is 11.0. The van der Waals surface area contributed by atoms with Crippen LogP contribution in [0.2, 0.25) is 0 Å². The van der Waals surface area contributed by atoms with Crippen molar-refractivity contribution >= 4 is 11.4 Å². The normalized spacial score (nSPS) is 10.2. The van der Waals surface area contributed by atoms with Gasteiger partial charge in [0, 0.05) is 23.9 Å². The smallest absolute Gasteiger partial charge is 0.272 e. The van der Waals surface area contributed by atoms with E-state index in [2.05, 4.69) is 5.32 Å². The molecular weight excluding hydrogens is 240 g/mol. The van der Waals surface area contributed by atoms with E-state index >= 15 is 0 Å². The first-order valence-electron chi connectivity index (χ1n) is 6.11. The zero-order valence-corrected chi connectivity index (χ0v) is 11.0. The number of benzene rings is 2. The molecule has 0 unspecified atom stereocenters. The summed E-state index contributed by atoms with van der Waals surface area (Å²) in [4.78, 5) is 10.5. The molecule has 0 spiro atoms. The van der Waals surface area contributed by atoms with E-state index in [4.69, 9.17) is 0 Å². The van der Waals surface area contributed by atoms with E-state index in [1.54, 1.807) is 13.0 Å². The topological polar surface area (TPSA) is 55.2 Å². The van der Waals surface area contributed by atoms with Gasteiger partial charge in [0.15, 0.2) is 0 Å². The van der Waals surface area contributed by atoms with Gasteiger partial charge in [0.05, 0.1) is 4.92 Å². The van der Waals surface area contributed by atoms with E-state index in [9.17, 15) is 10.1 Å². The summed E-state index contributed by atoms with van der Waals surface area (Å²) >= 11 is 0. The van der Waals surface area contributed by atoms with Crippen LogP contribution in [0.3, 0.4) is 0 Å². The number of anilines is 1. The summed E-state index contributed by atoms with van der Waals surface area (Å²) < 4.78 is 0. The van der Waals surface area contributed by atoms with Crippen LogP contribution < -0.4 is 5.32 Å². The SMILES string of the molecule is Cc1ccc(NCc2cccc([N+](=O)[O-])c2C)cc1. The van der Waals surface area contributed by atoms with Crippen LogP contribution in [0.15, 0.2) is 42.5 Å². The Morgan fingerprint density at radius 2 is 1.79 bits per heavy atom. The largest absolute Gasteiger partial charge is 0.381 e. The molecule has 0 radical (unpaired) electrons. The fraction of sp³-hybridized carbons (Fsp3) is 0.200. The molecule has 0 aromatic heterocycles. The van der Waals surface area contributed by atoms with E-state index in [0.29, 0.717) is 12.1 Å². The van der Waals surface area contributed by atoms with Gasteiger partial charge in [-0.25, -0.2) is 0 Å². The summed E-state index contributed by atoms with van der Waals surface area (Å²) in [7, 11) is 0. The van der Waals surface area contributed by atoms with E-state index in [1.807, 2.05) is 37.3 Å². The van der Waals surface area contributed by atoms with Crippen LogP contribution >= 0.6 is 0 Å². The Balaban J connectivity index is 2.13. The van der Waals surface area contributed by atoms with Gasteiger partial charge in [-0.05, 0) is 31.5 Å². The standard InChI is InChI=1S/C15H16N2O2/c1-11-6-8-14(9-7-11)16-10-13-4-3-5-15(12(13)2)17(18)19/h3-9,16H,10H2,1-2H3. The molecule has 2 rings (SSSR count). The van der Waals surface area contributed by atoms with E-state index < -0.39 is 0 Å². The second-order valence-electron chi connectivity index (χ2n) is 4.54. The van der Waals surface area contributed by atoms with Crippen molar-refractivity contribution in [3.8, 4) is 0 Å². The molecule has 0 aliphatic heterocycles. The second kappa shape index (κ2) is 5.52. The monoisotopic (exact) mass is 256 g/mol. The Hall–Kier alpha value is -2.36. The molecule has 0 fully saturated rings. The molecule has 0 heterocycles. The van der Waals surface area contributed by atoms with Crippen molar-refractivity contribution in [1.29, 1.82) is 0 Å². The Bertz CT molecular complexity index is 592. The summed E-state index contributed by atoms with van der Waals surface area (Å²) in [6.45, 7) is 4.40. The molecule has 98 valence electrons. The highest BCUT2D eigenvalue weighted by Crippen LogP contribution is 2.22. The van der Waals surface area contributed by atoms with Crippen molar-refractivity contribution in [1.82, 2.24) is 0 Å².